The number of carbonyl (C=O) groups is 1. The molecule has 0 amide bonds. The molecule has 0 aliphatic carbocycles. The van der Waals surface area contributed by atoms with Crippen molar-refractivity contribution in [3.63, 3.8) is 0 Å². The molecule has 0 saturated heterocycles. The average molecular weight is 337 g/mol. The molecule has 0 heterocycles. The first-order valence-electron chi connectivity index (χ1n) is 5.85. The quantitative estimate of drug-likeness (QED) is 0.795. The van der Waals surface area contributed by atoms with Crippen LogP contribution >= 0.6 is 15.9 Å². The van der Waals surface area contributed by atoms with Crippen molar-refractivity contribution in [2.75, 3.05) is 0 Å². The van der Waals surface area contributed by atoms with Gasteiger partial charge in [0.1, 0.15) is 0 Å². The van der Waals surface area contributed by atoms with E-state index >= 15 is 0 Å². The lowest BCUT2D eigenvalue weighted by Gasteiger charge is -2.10. The minimum Gasteiger partial charge on any atom is -0.293 e. The minimum absolute atomic E-state index is 0.0955. The van der Waals surface area contributed by atoms with Gasteiger partial charge >= 0.3 is 0 Å². The number of hydrogen-bond donors (Lipinski definition) is 0. The van der Waals surface area contributed by atoms with Crippen LogP contribution in [0.4, 0.5) is 0 Å². The molecule has 2 aromatic rings. The number of hydrogen-bond acceptors (Lipinski definition) is 2. The molecule has 0 fully saturated rings. The molecule has 0 aliphatic heterocycles. The van der Waals surface area contributed by atoms with Gasteiger partial charge in [-0.2, -0.15) is 0 Å². The molecule has 2 atom stereocenters. The van der Waals surface area contributed by atoms with E-state index in [1.807, 2.05) is 30.3 Å². The average Bonchev–Trinajstić information content (AvgIpc) is 2.46. The first kappa shape index (κ1) is 14.2. The van der Waals surface area contributed by atoms with Crippen LogP contribution in [0.1, 0.15) is 17.3 Å². The molecule has 2 rings (SSSR count). The van der Waals surface area contributed by atoms with Gasteiger partial charge in [0.25, 0.3) is 0 Å². The van der Waals surface area contributed by atoms with Crippen molar-refractivity contribution in [2.24, 2.45) is 0 Å². The lowest BCUT2D eigenvalue weighted by molar-refractivity contribution is 0.0992. The molecule has 0 radical (unpaired) electrons. The molecule has 98 valence electrons. The van der Waals surface area contributed by atoms with Crippen LogP contribution in [0.3, 0.4) is 0 Å². The van der Waals surface area contributed by atoms with Crippen molar-refractivity contribution in [3.05, 3.63) is 64.6 Å². The van der Waals surface area contributed by atoms with Gasteiger partial charge in [-0.3, -0.25) is 9.00 Å². The van der Waals surface area contributed by atoms with Crippen molar-refractivity contribution in [1.29, 1.82) is 0 Å². The second kappa shape index (κ2) is 6.26. The van der Waals surface area contributed by atoms with E-state index in [4.69, 9.17) is 0 Å². The number of ketones is 1. The summed E-state index contributed by atoms with van der Waals surface area (Å²) in [5, 5.41) is -0.552. The zero-order valence-corrected chi connectivity index (χ0v) is 12.8. The Kier molecular flexibility index (Phi) is 4.66. The van der Waals surface area contributed by atoms with Gasteiger partial charge in [-0.05, 0) is 31.2 Å². The van der Waals surface area contributed by atoms with Crippen LogP contribution in [0.5, 0.6) is 0 Å². The highest BCUT2D eigenvalue weighted by Gasteiger charge is 2.22. The van der Waals surface area contributed by atoms with Gasteiger partial charge in [0.05, 0.1) is 16.0 Å². The van der Waals surface area contributed by atoms with Gasteiger partial charge in [-0.25, -0.2) is 0 Å². The topological polar surface area (TPSA) is 34.1 Å². The minimum atomic E-state index is -1.34. The Morgan fingerprint density at radius 2 is 1.63 bits per heavy atom. The normalized spacial score (nSPS) is 13.8. The zero-order valence-electron chi connectivity index (χ0n) is 10.4. The summed E-state index contributed by atoms with van der Waals surface area (Å²) in [6.07, 6.45) is 0. The largest absolute Gasteiger partial charge is 0.293 e. The lowest BCUT2D eigenvalue weighted by Crippen LogP contribution is -2.22. The van der Waals surface area contributed by atoms with Gasteiger partial charge in [-0.15, -0.1) is 0 Å². The predicted molar refractivity (Wildman–Crippen MR) is 80.8 cm³/mol. The van der Waals surface area contributed by atoms with Gasteiger partial charge in [-0.1, -0.05) is 46.3 Å². The third kappa shape index (κ3) is 3.39. The summed E-state index contributed by atoms with van der Waals surface area (Å²) >= 11 is 3.33. The smallest absolute Gasteiger partial charge is 0.178 e. The fraction of sp³-hybridized carbons (Fsp3) is 0.133. The standard InChI is InChI=1S/C15H13BrO2S/c1-11(15(17)12-5-3-2-4-6-12)19(18)14-9-7-13(16)8-10-14/h2-11H,1H3. The van der Waals surface area contributed by atoms with E-state index in [-0.39, 0.29) is 5.78 Å². The maximum absolute atomic E-state index is 12.3. The molecule has 0 N–H and O–H groups in total. The second-order valence-electron chi connectivity index (χ2n) is 4.12. The maximum Gasteiger partial charge on any atom is 0.178 e. The maximum atomic E-state index is 12.3. The van der Waals surface area contributed by atoms with Crippen molar-refractivity contribution in [2.45, 2.75) is 17.1 Å². The summed E-state index contributed by atoms with van der Waals surface area (Å²) in [6, 6.07) is 16.2. The van der Waals surface area contributed by atoms with E-state index in [0.29, 0.717) is 10.5 Å². The molecule has 0 aliphatic rings. The van der Waals surface area contributed by atoms with Crippen LogP contribution in [-0.2, 0) is 10.8 Å². The fourth-order valence-electron chi connectivity index (χ4n) is 1.71. The number of carbonyl (C=O) groups excluding carboxylic acids is 1. The van der Waals surface area contributed by atoms with Crippen LogP contribution < -0.4 is 0 Å². The molecule has 0 saturated carbocycles. The predicted octanol–water partition coefficient (Wildman–Crippen LogP) is 3.83. The SMILES string of the molecule is CC(C(=O)c1ccccc1)S(=O)c1ccc(Br)cc1. The highest BCUT2D eigenvalue weighted by atomic mass is 79.9. The summed E-state index contributed by atoms with van der Waals surface area (Å²) in [7, 11) is -1.34. The number of Topliss-reactive ketones (excluding diaryl/α,β-unsaturated/α-hetero) is 1. The molecule has 2 aromatic carbocycles. The third-order valence-electron chi connectivity index (χ3n) is 2.79. The van der Waals surface area contributed by atoms with Gasteiger partial charge in [0.2, 0.25) is 0 Å². The first-order valence-corrected chi connectivity index (χ1v) is 7.85. The molecule has 19 heavy (non-hydrogen) atoms. The first-order chi connectivity index (χ1) is 9.09. The van der Waals surface area contributed by atoms with E-state index < -0.39 is 16.0 Å². The van der Waals surface area contributed by atoms with Crippen molar-refractivity contribution < 1.29 is 9.00 Å². The van der Waals surface area contributed by atoms with Crippen LogP contribution in [-0.4, -0.2) is 15.2 Å². The Balaban J connectivity index is 2.20. The zero-order chi connectivity index (χ0) is 13.8. The Bertz CT molecular complexity index is 593. The molecular weight excluding hydrogens is 324 g/mol. The highest BCUT2D eigenvalue weighted by Crippen LogP contribution is 2.18. The van der Waals surface area contributed by atoms with Crippen molar-refractivity contribution in [3.8, 4) is 0 Å². The van der Waals surface area contributed by atoms with Crippen LogP contribution in [0, 0.1) is 0 Å². The van der Waals surface area contributed by atoms with Gasteiger partial charge in [0, 0.05) is 14.9 Å². The summed E-state index contributed by atoms with van der Waals surface area (Å²) in [5.74, 6) is -0.0955. The summed E-state index contributed by atoms with van der Waals surface area (Å²) in [6.45, 7) is 1.70. The van der Waals surface area contributed by atoms with Crippen molar-refractivity contribution >= 4 is 32.5 Å². The molecule has 2 unspecified atom stereocenters. The van der Waals surface area contributed by atoms with Gasteiger partial charge < -0.3 is 0 Å². The molecule has 0 bridgehead atoms. The lowest BCUT2D eigenvalue weighted by atomic mass is 10.1. The Morgan fingerprint density at radius 1 is 1.05 bits per heavy atom. The molecule has 2 nitrogen and oxygen atoms in total. The van der Waals surface area contributed by atoms with Gasteiger partial charge in [0.15, 0.2) is 5.78 Å². The number of halogens is 1. The van der Waals surface area contributed by atoms with Crippen LogP contribution in [0.15, 0.2) is 64.0 Å². The van der Waals surface area contributed by atoms with Crippen LogP contribution in [0.2, 0.25) is 0 Å². The van der Waals surface area contributed by atoms with E-state index in [1.54, 1.807) is 31.2 Å². The number of rotatable bonds is 4. The molecular formula is C15H13BrO2S. The van der Waals surface area contributed by atoms with E-state index in [9.17, 15) is 9.00 Å². The molecule has 0 spiro atoms. The Labute approximate surface area is 123 Å². The Hall–Kier alpha value is -1.26. The fourth-order valence-corrected chi connectivity index (χ4v) is 3.11. The monoisotopic (exact) mass is 336 g/mol. The van der Waals surface area contributed by atoms with E-state index in [0.717, 1.165) is 4.47 Å². The van der Waals surface area contributed by atoms with E-state index in [1.165, 1.54) is 0 Å². The van der Waals surface area contributed by atoms with Crippen LogP contribution in [0.25, 0.3) is 0 Å². The third-order valence-corrected chi connectivity index (χ3v) is 4.92. The summed E-state index contributed by atoms with van der Waals surface area (Å²) < 4.78 is 13.3. The summed E-state index contributed by atoms with van der Waals surface area (Å²) in [5.41, 5.74) is 0.598. The Morgan fingerprint density at radius 3 is 2.21 bits per heavy atom. The molecule has 0 aromatic heterocycles. The number of benzene rings is 2. The second-order valence-corrected chi connectivity index (χ2v) is 6.81. The van der Waals surface area contributed by atoms with Crippen molar-refractivity contribution in [1.82, 2.24) is 0 Å². The summed E-state index contributed by atoms with van der Waals surface area (Å²) in [4.78, 5) is 12.9. The molecule has 4 heteroatoms. The van der Waals surface area contributed by atoms with E-state index in [2.05, 4.69) is 15.9 Å². The highest BCUT2D eigenvalue weighted by molar-refractivity contribution is 9.10.